The third-order valence-corrected chi connectivity index (χ3v) is 4.73. The average Bonchev–Trinajstić information content (AvgIpc) is 2.94. The fourth-order valence-corrected chi connectivity index (χ4v) is 3.26. The number of nitrogens with zero attached hydrogens (tertiary/aromatic N) is 2. The van der Waals surface area contributed by atoms with Crippen molar-refractivity contribution >= 4 is 15.9 Å². The number of carbonyl (C=O) groups excluding carboxylic acids is 1. The van der Waals surface area contributed by atoms with E-state index < -0.39 is 10.0 Å². The third-order valence-electron chi connectivity index (χ3n) is 2.95. The molecule has 1 saturated heterocycles. The highest BCUT2D eigenvalue weighted by Crippen LogP contribution is 2.17. The molecule has 1 fully saturated rings. The van der Waals surface area contributed by atoms with Crippen LogP contribution in [0.15, 0.2) is 27.9 Å². The van der Waals surface area contributed by atoms with E-state index in [2.05, 4.69) is 0 Å². The molecule has 106 valence electrons. The molecule has 0 aliphatic carbocycles. The van der Waals surface area contributed by atoms with Crippen LogP contribution in [0.3, 0.4) is 0 Å². The zero-order chi connectivity index (χ0) is 13.9. The summed E-state index contributed by atoms with van der Waals surface area (Å²) in [6, 6.07) is 2.95. The van der Waals surface area contributed by atoms with Gasteiger partial charge in [-0.2, -0.15) is 4.31 Å². The van der Waals surface area contributed by atoms with Crippen LogP contribution in [0, 0.1) is 0 Å². The molecule has 0 saturated carbocycles. The Bertz CT molecular complexity index is 517. The minimum Gasteiger partial charge on any atom is -0.452 e. The molecule has 1 aliphatic heterocycles. The van der Waals surface area contributed by atoms with Crippen molar-refractivity contribution < 1.29 is 22.4 Å². The minimum absolute atomic E-state index is 0.0188. The summed E-state index contributed by atoms with van der Waals surface area (Å²) < 4.78 is 35.3. The van der Waals surface area contributed by atoms with Crippen molar-refractivity contribution in [2.24, 2.45) is 0 Å². The van der Waals surface area contributed by atoms with Crippen molar-refractivity contribution in [3.05, 3.63) is 18.4 Å². The Balaban J connectivity index is 1.99. The third kappa shape index (κ3) is 2.96. The van der Waals surface area contributed by atoms with Crippen molar-refractivity contribution in [3.63, 3.8) is 0 Å². The largest absolute Gasteiger partial charge is 0.452 e. The lowest BCUT2D eigenvalue weighted by molar-refractivity contribution is -0.136. The standard InChI is InChI=1S/C11H16N2O5S/c1-17-9-10(14)12-4-6-13(7-5-12)19(15,16)11-3-2-8-18-11/h2-3,8H,4-7,9H2,1H3. The second-order valence-corrected chi connectivity index (χ2v) is 6.02. The fourth-order valence-electron chi connectivity index (χ4n) is 1.93. The first-order valence-corrected chi connectivity index (χ1v) is 7.30. The van der Waals surface area contributed by atoms with Gasteiger partial charge in [-0.15, -0.1) is 0 Å². The van der Waals surface area contributed by atoms with Crippen molar-refractivity contribution in [1.29, 1.82) is 0 Å². The quantitative estimate of drug-likeness (QED) is 0.764. The van der Waals surface area contributed by atoms with Gasteiger partial charge >= 0.3 is 0 Å². The van der Waals surface area contributed by atoms with E-state index in [0.29, 0.717) is 13.1 Å². The monoisotopic (exact) mass is 288 g/mol. The molecule has 2 rings (SSSR count). The molecule has 0 aromatic carbocycles. The Kier molecular flexibility index (Phi) is 4.23. The van der Waals surface area contributed by atoms with Crippen molar-refractivity contribution in [1.82, 2.24) is 9.21 Å². The molecule has 1 aliphatic rings. The second kappa shape index (κ2) is 5.72. The van der Waals surface area contributed by atoms with E-state index in [1.54, 1.807) is 4.90 Å². The van der Waals surface area contributed by atoms with Crippen LogP contribution in [-0.2, 0) is 19.6 Å². The van der Waals surface area contributed by atoms with E-state index >= 15 is 0 Å². The Morgan fingerprint density at radius 1 is 1.37 bits per heavy atom. The lowest BCUT2D eigenvalue weighted by atomic mass is 10.3. The van der Waals surface area contributed by atoms with Crippen LogP contribution < -0.4 is 0 Å². The number of methoxy groups -OCH3 is 1. The Hall–Kier alpha value is -1.38. The van der Waals surface area contributed by atoms with Gasteiger partial charge in [-0.25, -0.2) is 8.42 Å². The number of carbonyl (C=O) groups is 1. The number of sulfonamides is 1. The summed E-state index contributed by atoms with van der Waals surface area (Å²) in [7, 11) is -2.13. The van der Waals surface area contributed by atoms with Crippen LogP contribution in [0.25, 0.3) is 0 Å². The Morgan fingerprint density at radius 3 is 2.58 bits per heavy atom. The Morgan fingerprint density at radius 2 is 2.05 bits per heavy atom. The first-order valence-electron chi connectivity index (χ1n) is 5.86. The van der Waals surface area contributed by atoms with Crippen LogP contribution in [0.4, 0.5) is 0 Å². The summed E-state index contributed by atoms with van der Waals surface area (Å²) in [6.07, 6.45) is 1.32. The summed E-state index contributed by atoms with van der Waals surface area (Å²) in [6.45, 7) is 1.27. The molecular weight excluding hydrogens is 272 g/mol. The molecule has 2 heterocycles. The predicted octanol–water partition coefficient (Wildman–Crippen LogP) is -0.241. The van der Waals surface area contributed by atoms with E-state index in [0.717, 1.165) is 0 Å². The van der Waals surface area contributed by atoms with E-state index in [1.165, 1.54) is 29.8 Å². The van der Waals surface area contributed by atoms with Gasteiger partial charge in [-0.05, 0) is 12.1 Å². The first-order chi connectivity index (χ1) is 9.05. The maximum Gasteiger partial charge on any atom is 0.276 e. The SMILES string of the molecule is COCC(=O)N1CCN(S(=O)(=O)c2ccco2)CC1. The van der Waals surface area contributed by atoms with Crippen LogP contribution in [0.1, 0.15) is 0 Å². The highest BCUT2D eigenvalue weighted by Gasteiger charge is 2.31. The molecule has 1 aromatic heterocycles. The van der Waals surface area contributed by atoms with Gasteiger partial charge in [0, 0.05) is 33.3 Å². The smallest absolute Gasteiger partial charge is 0.276 e. The summed E-state index contributed by atoms with van der Waals surface area (Å²) in [4.78, 5) is 13.2. The molecule has 8 heteroatoms. The van der Waals surface area contributed by atoms with Gasteiger partial charge < -0.3 is 14.1 Å². The zero-order valence-electron chi connectivity index (χ0n) is 10.6. The first kappa shape index (κ1) is 14.0. The molecule has 0 atom stereocenters. The zero-order valence-corrected chi connectivity index (χ0v) is 11.4. The fraction of sp³-hybridized carbons (Fsp3) is 0.545. The molecule has 7 nitrogen and oxygen atoms in total. The lowest BCUT2D eigenvalue weighted by Crippen LogP contribution is -2.51. The van der Waals surface area contributed by atoms with Crippen LogP contribution in [0.5, 0.6) is 0 Å². The van der Waals surface area contributed by atoms with Crippen LogP contribution >= 0.6 is 0 Å². The summed E-state index contributed by atoms with van der Waals surface area (Å²) in [5.41, 5.74) is 0. The van der Waals surface area contributed by atoms with Gasteiger partial charge in [0.2, 0.25) is 11.0 Å². The normalized spacial score (nSPS) is 17.6. The number of piperazine rings is 1. The molecule has 0 bridgehead atoms. The van der Waals surface area contributed by atoms with Gasteiger partial charge in [0.15, 0.2) is 0 Å². The second-order valence-electron chi connectivity index (χ2n) is 4.15. The van der Waals surface area contributed by atoms with Gasteiger partial charge in [-0.1, -0.05) is 0 Å². The van der Waals surface area contributed by atoms with Gasteiger partial charge in [0.05, 0.1) is 6.26 Å². The molecule has 0 unspecified atom stereocenters. The van der Waals surface area contributed by atoms with Gasteiger partial charge in [0.25, 0.3) is 10.0 Å². The predicted molar refractivity (Wildman–Crippen MR) is 65.9 cm³/mol. The number of hydrogen-bond donors (Lipinski definition) is 0. The van der Waals surface area contributed by atoms with E-state index in [9.17, 15) is 13.2 Å². The summed E-state index contributed by atoms with van der Waals surface area (Å²) in [5, 5.41) is -0.0656. The molecular formula is C11H16N2O5S. The molecule has 19 heavy (non-hydrogen) atoms. The lowest BCUT2D eigenvalue weighted by Gasteiger charge is -2.33. The molecule has 1 aromatic rings. The topological polar surface area (TPSA) is 80.1 Å². The maximum atomic E-state index is 12.2. The number of amides is 1. The Labute approximate surface area is 111 Å². The highest BCUT2D eigenvalue weighted by atomic mass is 32.2. The molecule has 0 N–H and O–H groups in total. The molecule has 1 amide bonds. The highest BCUT2D eigenvalue weighted by molar-refractivity contribution is 7.89. The summed E-state index contributed by atoms with van der Waals surface area (Å²) in [5.74, 6) is -0.127. The molecule has 0 spiro atoms. The van der Waals surface area contributed by atoms with E-state index in [-0.39, 0.29) is 30.7 Å². The van der Waals surface area contributed by atoms with Gasteiger partial charge in [0.1, 0.15) is 6.61 Å². The van der Waals surface area contributed by atoms with Crippen LogP contribution in [-0.4, -0.2) is 63.4 Å². The number of rotatable bonds is 4. The maximum absolute atomic E-state index is 12.2. The number of ether oxygens (including phenoxy) is 1. The van der Waals surface area contributed by atoms with E-state index in [1.807, 2.05) is 0 Å². The average molecular weight is 288 g/mol. The number of hydrogen-bond acceptors (Lipinski definition) is 5. The minimum atomic E-state index is -3.58. The molecule has 0 radical (unpaired) electrons. The number of furan rings is 1. The van der Waals surface area contributed by atoms with Crippen LogP contribution in [0.2, 0.25) is 0 Å². The van der Waals surface area contributed by atoms with Crippen molar-refractivity contribution in [2.45, 2.75) is 5.09 Å². The van der Waals surface area contributed by atoms with Gasteiger partial charge in [-0.3, -0.25) is 4.79 Å². The van der Waals surface area contributed by atoms with Crippen molar-refractivity contribution in [3.8, 4) is 0 Å². The summed E-state index contributed by atoms with van der Waals surface area (Å²) >= 11 is 0. The van der Waals surface area contributed by atoms with E-state index in [4.69, 9.17) is 9.15 Å². The van der Waals surface area contributed by atoms with Crippen molar-refractivity contribution in [2.75, 3.05) is 39.9 Å².